The van der Waals surface area contributed by atoms with Gasteiger partial charge in [-0.1, -0.05) is 176 Å². The molecule has 0 saturated heterocycles. The molecule has 11 aromatic rings. The van der Waals surface area contributed by atoms with Gasteiger partial charge in [0.05, 0.1) is 33.6 Å². The molecule has 3 heterocycles. The lowest BCUT2D eigenvalue weighted by atomic mass is 9.93. The van der Waals surface area contributed by atoms with Crippen LogP contribution in [0, 0.1) is 0 Å². The van der Waals surface area contributed by atoms with Gasteiger partial charge in [-0.25, -0.2) is 15.0 Å². The Morgan fingerprint density at radius 1 is 0.333 bits per heavy atom. The van der Waals surface area contributed by atoms with Gasteiger partial charge >= 0.3 is 0 Å². The zero-order valence-corrected chi connectivity index (χ0v) is 30.9. The van der Waals surface area contributed by atoms with Crippen molar-refractivity contribution in [1.82, 2.24) is 19.5 Å². The van der Waals surface area contributed by atoms with Crippen molar-refractivity contribution in [1.29, 1.82) is 0 Å². The Bertz CT molecular complexity index is 3190. The van der Waals surface area contributed by atoms with Crippen LogP contribution in [0.25, 0.3) is 105 Å². The molecule has 0 radical (unpaired) electrons. The Balaban J connectivity index is 1.11. The molecule has 4 heteroatoms. The second-order valence-electron chi connectivity index (χ2n) is 14.4. The minimum absolute atomic E-state index is 0.704. The standard InChI is InChI=1S/C53H34N4/c1-5-16-36(17-6-1)45-34-46(55-53(54-45)39-20-9-3-10-21-39)37-30-28-35(29-31-37)41-25-15-26-43-42-32-33-48-49(50(42)51(56-52(41)43)38-18-7-2-8-19-38)44-24-13-14-27-47(44)57(48)40-22-11-4-12-23-40/h1-34H. The van der Waals surface area contributed by atoms with Gasteiger partial charge in [-0.05, 0) is 41.3 Å². The minimum atomic E-state index is 0.704. The molecule has 0 bridgehead atoms. The summed E-state index contributed by atoms with van der Waals surface area (Å²) >= 11 is 0. The molecule has 0 unspecified atom stereocenters. The van der Waals surface area contributed by atoms with Crippen LogP contribution in [0.5, 0.6) is 0 Å². The number of aromatic nitrogens is 4. The second-order valence-corrected chi connectivity index (χ2v) is 14.4. The molecule has 0 N–H and O–H groups in total. The summed E-state index contributed by atoms with van der Waals surface area (Å²) in [6, 6.07) is 72.5. The number of hydrogen-bond acceptors (Lipinski definition) is 3. The fourth-order valence-electron chi connectivity index (χ4n) is 8.36. The molecule has 266 valence electrons. The van der Waals surface area contributed by atoms with Crippen LogP contribution in [0.1, 0.15) is 0 Å². The molecule has 0 fully saturated rings. The summed E-state index contributed by atoms with van der Waals surface area (Å²) in [5.74, 6) is 0.704. The molecule has 3 aromatic heterocycles. The highest BCUT2D eigenvalue weighted by molar-refractivity contribution is 6.29. The number of benzene rings is 8. The van der Waals surface area contributed by atoms with Crippen LogP contribution in [-0.4, -0.2) is 19.5 Å². The van der Waals surface area contributed by atoms with Gasteiger partial charge in [0.1, 0.15) is 0 Å². The van der Waals surface area contributed by atoms with Crippen LogP contribution in [0.15, 0.2) is 206 Å². The average molecular weight is 727 g/mol. The van der Waals surface area contributed by atoms with Gasteiger partial charge < -0.3 is 4.57 Å². The zero-order chi connectivity index (χ0) is 37.7. The quantitative estimate of drug-likeness (QED) is 0.160. The molecule has 0 amide bonds. The third kappa shape index (κ3) is 5.58. The molecule has 57 heavy (non-hydrogen) atoms. The molecule has 4 nitrogen and oxygen atoms in total. The monoisotopic (exact) mass is 726 g/mol. The van der Waals surface area contributed by atoms with Crippen molar-refractivity contribution in [2.75, 3.05) is 0 Å². The van der Waals surface area contributed by atoms with Gasteiger partial charge in [0.2, 0.25) is 0 Å². The van der Waals surface area contributed by atoms with Crippen molar-refractivity contribution in [2.45, 2.75) is 0 Å². The van der Waals surface area contributed by atoms with Crippen molar-refractivity contribution < 1.29 is 0 Å². The summed E-state index contributed by atoms with van der Waals surface area (Å²) in [7, 11) is 0. The maximum Gasteiger partial charge on any atom is 0.160 e. The van der Waals surface area contributed by atoms with Crippen LogP contribution < -0.4 is 0 Å². The largest absolute Gasteiger partial charge is 0.309 e. The normalized spacial score (nSPS) is 11.5. The fraction of sp³-hybridized carbons (Fsp3) is 0. The van der Waals surface area contributed by atoms with E-state index in [0.717, 1.165) is 78.0 Å². The fourth-order valence-corrected chi connectivity index (χ4v) is 8.36. The van der Waals surface area contributed by atoms with E-state index in [4.69, 9.17) is 15.0 Å². The Hall–Kier alpha value is -7.69. The lowest BCUT2D eigenvalue weighted by Crippen LogP contribution is -1.96. The SMILES string of the molecule is c1ccc(-c2cc(-c3ccc(-c4cccc5c4nc(-c4ccccc4)c4c5ccc5c4c4ccccc4n5-c4ccccc4)cc3)nc(-c3ccccc3)n2)cc1. The van der Waals surface area contributed by atoms with E-state index in [2.05, 4.69) is 174 Å². The first kappa shape index (κ1) is 32.7. The molecule has 0 spiro atoms. The Morgan fingerprint density at radius 2 is 0.895 bits per heavy atom. The number of para-hydroxylation sites is 3. The molecule has 0 aliphatic rings. The summed E-state index contributed by atoms with van der Waals surface area (Å²) in [5.41, 5.74) is 13.5. The van der Waals surface area contributed by atoms with Gasteiger partial charge in [0.25, 0.3) is 0 Å². The van der Waals surface area contributed by atoms with Crippen molar-refractivity contribution in [3.8, 4) is 62.0 Å². The third-order valence-electron chi connectivity index (χ3n) is 11.0. The van der Waals surface area contributed by atoms with Crippen molar-refractivity contribution in [3.63, 3.8) is 0 Å². The van der Waals surface area contributed by atoms with Gasteiger partial charge in [-0.15, -0.1) is 0 Å². The van der Waals surface area contributed by atoms with Gasteiger partial charge in [-0.2, -0.15) is 0 Å². The minimum Gasteiger partial charge on any atom is -0.309 e. The topological polar surface area (TPSA) is 43.6 Å². The Labute approximate surface area is 330 Å². The highest BCUT2D eigenvalue weighted by Gasteiger charge is 2.21. The van der Waals surface area contributed by atoms with Gasteiger partial charge in [0, 0.05) is 55.0 Å². The zero-order valence-electron chi connectivity index (χ0n) is 30.9. The number of fused-ring (bicyclic) bond motifs is 7. The summed E-state index contributed by atoms with van der Waals surface area (Å²) in [5, 5.41) is 5.90. The van der Waals surface area contributed by atoms with Crippen LogP contribution >= 0.6 is 0 Å². The van der Waals surface area contributed by atoms with E-state index in [-0.39, 0.29) is 0 Å². The highest BCUT2D eigenvalue weighted by Crippen LogP contribution is 2.44. The van der Waals surface area contributed by atoms with Crippen molar-refractivity contribution >= 4 is 43.5 Å². The first-order chi connectivity index (χ1) is 28.3. The molecule has 8 aromatic carbocycles. The third-order valence-corrected chi connectivity index (χ3v) is 11.0. The van der Waals surface area contributed by atoms with E-state index < -0.39 is 0 Å². The van der Waals surface area contributed by atoms with E-state index in [1.54, 1.807) is 0 Å². The summed E-state index contributed by atoms with van der Waals surface area (Å²) in [6.07, 6.45) is 0. The van der Waals surface area contributed by atoms with Crippen molar-refractivity contribution in [3.05, 3.63) is 206 Å². The molecule has 0 saturated carbocycles. The number of rotatable bonds is 6. The molecule has 0 atom stereocenters. The summed E-state index contributed by atoms with van der Waals surface area (Å²) in [4.78, 5) is 15.7. The molecular formula is C53H34N4. The molecule has 0 aliphatic carbocycles. The Morgan fingerprint density at radius 3 is 1.60 bits per heavy atom. The maximum absolute atomic E-state index is 5.63. The second kappa shape index (κ2) is 13.6. The summed E-state index contributed by atoms with van der Waals surface area (Å²) in [6.45, 7) is 0. The van der Waals surface area contributed by atoms with Crippen LogP contribution in [0.3, 0.4) is 0 Å². The first-order valence-electron chi connectivity index (χ1n) is 19.3. The summed E-state index contributed by atoms with van der Waals surface area (Å²) < 4.78 is 2.38. The maximum atomic E-state index is 5.63. The van der Waals surface area contributed by atoms with Gasteiger partial charge in [0.15, 0.2) is 5.82 Å². The lowest BCUT2D eigenvalue weighted by Gasteiger charge is -2.15. The van der Waals surface area contributed by atoms with E-state index in [0.29, 0.717) is 5.82 Å². The van der Waals surface area contributed by atoms with E-state index in [1.807, 2.05) is 36.4 Å². The van der Waals surface area contributed by atoms with E-state index in [1.165, 1.54) is 21.7 Å². The lowest BCUT2D eigenvalue weighted by molar-refractivity contribution is 1.18. The predicted octanol–water partition coefficient (Wildman–Crippen LogP) is 13.6. The van der Waals surface area contributed by atoms with E-state index >= 15 is 0 Å². The molecular weight excluding hydrogens is 693 g/mol. The first-order valence-corrected chi connectivity index (χ1v) is 19.3. The van der Waals surface area contributed by atoms with E-state index in [9.17, 15) is 0 Å². The number of hydrogen-bond donors (Lipinski definition) is 0. The molecule has 0 aliphatic heterocycles. The highest BCUT2D eigenvalue weighted by atomic mass is 15.0. The van der Waals surface area contributed by atoms with Gasteiger partial charge in [-0.3, -0.25) is 0 Å². The smallest absolute Gasteiger partial charge is 0.160 e. The number of pyridine rings is 1. The van der Waals surface area contributed by atoms with Crippen LogP contribution in [0.2, 0.25) is 0 Å². The predicted molar refractivity (Wildman–Crippen MR) is 236 cm³/mol. The average Bonchev–Trinajstić information content (AvgIpc) is 3.64. The molecule has 11 rings (SSSR count). The Kier molecular flexibility index (Phi) is 7.78. The number of nitrogens with zero attached hydrogens (tertiary/aromatic N) is 4. The van der Waals surface area contributed by atoms with Crippen molar-refractivity contribution in [2.24, 2.45) is 0 Å². The van der Waals surface area contributed by atoms with Crippen LogP contribution in [-0.2, 0) is 0 Å². The van der Waals surface area contributed by atoms with Crippen LogP contribution in [0.4, 0.5) is 0 Å².